The summed E-state index contributed by atoms with van der Waals surface area (Å²) in [6.45, 7) is 0. The summed E-state index contributed by atoms with van der Waals surface area (Å²) in [5.41, 5.74) is 1.42. The van der Waals surface area contributed by atoms with E-state index in [1.807, 2.05) is 0 Å². The first-order valence-corrected chi connectivity index (χ1v) is 11.7. The highest BCUT2D eigenvalue weighted by atomic mass is 35.5. The Labute approximate surface area is 209 Å². The molecule has 0 aliphatic rings. The normalized spacial score (nSPS) is 12.3. The van der Waals surface area contributed by atoms with Gasteiger partial charge in [0.1, 0.15) is 5.75 Å². The highest BCUT2D eigenvalue weighted by Crippen LogP contribution is 2.44. The molecule has 9 nitrogen and oxygen atoms in total. The number of phosphoric acid groups is 1. The van der Waals surface area contributed by atoms with E-state index in [9.17, 15) is 9.46 Å². The standard InChI is InChI=1S/C24H24ClO8P.H3N/c1-28-20-11-10-16(8-9-17-13-22(29-2)24(31-4)23(14-17)30-3)12-21(20)33-34(26,27)32-19-7-5-6-18(25)15-19;/h5-15H,1-4H3,(H,26,27);1H3/p-1/b9-8-;. The third-order valence-electron chi connectivity index (χ3n) is 4.57. The molecule has 0 radical (unpaired) electrons. The molecule has 35 heavy (non-hydrogen) atoms. The number of halogens is 1. The molecular formula is C24H26ClNO8P-. The van der Waals surface area contributed by atoms with Crippen LogP contribution in [0.25, 0.3) is 12.2 Å². The molecular weight excluding hydrogens is 497 g/mol. The summed E-state index contributed by atoms with van der Waals surface area (Å²) in [6.07, 6.45) is 3.57. The molecule has 0 spiro atoms. The van der Waals surface area contributed by atoms with Crippen LogP contribution in [0.15, 0.2) is 54.6 Å². The smallest absolute Gasteiger partial charge is 0.372 e. The van der Waals surface area contributed by atoms with Gasteiger partial charge in [-0.1, -0.05) is 35.9 Å². The van der Waals surface area contributed by atoms with Crippen molar-refractivity contribution in [3.63, 3.8) is 0 Å². The molecule has 3 N–H and O–H groups in total. The van der Waals surface area contributed by atoms with Crippen LogP contribution in [0, 0.1) is 0 Å². The minimum atomic E-state index is -4.78. The first-order chi connectivity index (χ1) is 16.3. The molecule has 0 heterocycles. The highest BCUT2D eigenvalue weighted by Gasteiger charge is 2.17. The van der Waals surface area contributed by atoms with Gasteiger partial charge >= 0.3 is 7.82 Å². The molecule has 0 saturated carbocycles. The van der Waals surface area contributed by atoms with Crippen LogP contribution in [0.4, 0.5) is 0 Å². The van der Waals surface area contributed by atoms with Crippen LogP contribution >= 0.6 is 19.4 Å². The Morgan fingerprint density at radius 1 is 0.743 bits per heavy atom. The van der Waals surface area contributed by atoms with Crippen molar-refractivity contribution in [3.05, 3.63) is 70.7 Å². The number of hydrogen-bond acceptors (Lipinski definition) is 9. The summed E-state index contributed by atoms with van der Waals surface area (Å²) in [7, 11) is 1.21. The molecule has 3 rings (SSSR count). The molecule has 0 saturated heterocycles. The van der Waals surface area contributed by atoms with E-state index in [4.69, 9.17) is 39.6 Å². The predicted octanol–water partition coefficient (Wildman–Crippen LogP) is 5.63. The molecule has 0 bridgehead atoms. The first-order valence-electron chi connectivity index (χ1n) is 9.90. The van der Waals surface area contributed by atoms with Crippen molar-refractivity contribution in [2.45, 2.75) is 0 Å². The number of methoxy groups -OCH3 is 4. The van der Waals surface area contributed by atoms with E-state index < -0.39 is 7.82 Å². The molecule has 3 aromatic carbocycles. The molecule has 0 aliphatic heterocycles. The summed E-state index contributed by atoms with van der Waals surface area (Å²) >= 11 is 5.88. The molecule has 1 atom stereocenters. The zero-order chi connectivity index (χ0) is 24.7. The second kappa shape index (κ2) is 12.4. The summed E-state index contributed by atoms with van der Waals surface area (Å²) < 4.78 is 44.0. The van der Waals surface area contributed by atoms with E-state index in [-0.39, 0.29) is 23.4 Å². The average Bonchev–Trinajstić information content (AvgIpc) is 2.81. The molecule has 0 amide bonds. The average molecular weight is 523 g/mol. The quantitative estimate of drug-likeness (QED) is 0.265. The van der Waals surface area contributed by atoms with E-state index >= 15 is 0 Å². The van der Waals surface area contributed by atoms with Crippen LogP contribution < -0.4 is 39.0 Å². The second-order valence-electron chi connectivity index (χ2n) is 6.79. The van der Waals surface area contributed by atoms with E-state index in [0.717, 1.165) is 5.56 Å². The lowest BCUT2D eigenvalue weighted by atomic mass is 10.1. The maximum absolute atomic E-state index is 12.5. The Morgan fingerprint density at radius 3 is 1.91 bits per heavy atom. The van der Waals surface area contributed by atoms with Crippen molar-refractivity contribution in [3.8, 4) is 34.5 Å². The zero-order valence-electron chi connectivity index (χ0n) is 19.6. The summed E-state index contributed by atoms with van der Waals surface area (Å²) in [5.74, 6) is 1.71. The van der Waals surface area contributed by atoms with Crippen molar-refractivity contribution in [2.75, 3.05) is 28.4 Å². The van der Waals surface area contributed by atoms with Gasteiger partial charge in [-0.25, -0.2) is 4.57 Å². The molecule has 0 aromatic heterocycles. The van der Waals surface area contributed by atoms with Gasteiger partial charge < -0.3 is 39.0 Å². The van der Waals surface area contributed by atoms with Crippen molar-refractivity contribution in [1.82, 2.24) is 6.15 Å². The van der Waals surface area contributed by atoms with Gasteiger partial charge in [0.2, 0.25) is 5.75 Å². The maximum atomic E-state index is 12.5. The van der Waals surface area contributed by atoms with Crippen LogP contribution in [0.5, 0.6) is 34.5 Å². The first kappa shape index (κ1) is 27.9. The second-order valence-corrected chi connectivity index (χ2v) is 8.49. The van der Waals surface area contributed by atoms with E-state index in [1.165, 1.54) is 46.6 Å². The van der Waals surface area contributed by atoms with Crippen molar-refractivity contribution in [2.24, 2.45) is 0 Å². The van der Waals surface area contributed by atoms with Gasteiger partial charge in [-0.05, 0) is 53.6 Å². The minimum absolute atomic E-state index is 0. The summed E-state index contributed by atoms with van der Waals surface area (Å²) in [5, 5.41) is 0.328. The van der Waals surface area contributed by atoms with Gasteiger partial charge in [0.25, 0.3) is 0 Å². The third kappa shape index (κ3) is 7.31. The number of hydrogen-bond donors (Lipinski definition) is 1. The maximum Gasteiger partial charge on any atom is 0.372 e. The fourth-order valence-corrected chi connectivity index (χ4v) is 4.02. The lowest BCUT2D eigenvalue weighted by Gasteiger charge is -2.24. The fraction of sp³-hybridized carbons (Fsp3) is 0.167. The minimum Gasteiger partial charge on any atom is -0.736 e. The molecule has 0 aliphatic carbocycles. The molecule has 188 valence electrons. The van der Waals surface area contributed by atoms with Gasteiger partial charge in [-0.3, -0.25) is 0 Å². The molecule has 0 fully saturated rings. The van der Waals surface area contributed by atoms with Gasteiger partial charge in [0.15, 0.2) is 23.0 Å². The monoisotopic (exact) mass is 522 g/mol. The Hall–Kier alpha value is -3.36. The Balaban J connectivity index is 0.00000432. The van der Waals surface area contributed by atoms with E-state index in [2.05, 4.69) is 0 Å². The fourth-order valence-electron chi connectivity index (χ4n) is 3.05. The lowest BCUT2D eigenvalue weighted by Crippen LogP contribution is -2.13. The summed E-state index contributed by atoms with van der Waals surface area (Å²) in [4.78, 5) is 12.5. The van der Waals surface area contributed by atoms with Gasteiger partial charge in [-0.2, -0.15) is 0 Å². The van der Waals surface area contributed by atoms with Crippen LogP contribution in [0.1, 0.15) is 11.1 Å². The van der Waals surface area contributed by atoms with Gasteiger partial charge in [0.05, 0.1) is 28.4 Å². The molecule has 1 unspecified atom stereocenters. The van der Waals surface area contributed by atoms with Crippen molar-refractivity contribution < 1.29 is 37.5 Å². The van der Waals surface area contributed by atoms with E-state index in [0.29, 0.717) is 27.8 Å². The lowest BCUT2D eigenvalue weighted by molar-refractivity contribution is -0.208. The van der Waals surface area contributed by atoms with Crippen LogP contribution in [-0.2, 0) is 4.57 Å². The third-order valence-corrected chi connectivity index (χ3v) is 5.66. The number of benzene rings is 3. The van der Waals surface area contributed by atoms with E-state index in [1.54, 1.807) is 48.6 Å². The Morgan fingerprint density at radius 2 is 1.34 bits per heavy atom. The largest absolute Gasteiger partial charge is 0.736 e. The SMILES string of the molecule is COc1ccc(/C=C\c2cc(OC)c(OC)c(OC)c2)cc1OP(=O)([O-])Oc1cccc(Cl)c1.N. The highest BCUT2D eigenvalue weighted by molar-refractivity contribution is 7.46. The van der Waals surface area contributed by atoms with Crippen molar-refractivity contribution >= 4 is 31.6 Å². The van der Waals surface area contributed by atoms with Crippen LogP contribution in [0.3, 0.4) is 0 Å². The molecule has 11 heteroatoms. The summed E-state index contributed by atoms with van der Waals surface area (Å²) in [6, 6.07) is 14.4. The number of rotatable bonds is 10. The number of phosphoric ester groups is 1. The zero-order valence-corrected chi connectivity index (χ0v) is 21.3. The van der Waals surface area contributed by atoms with Crippen LogP contribution in [0.2, 0.25) is 5.02 Å². The van der Waals surface area contributed by atoms with Gasteiger partial charge in [0, 0.05) is 5.02 Å². The predicted molar refractivity (Wildman–Crippen MR) is 133 cm³/mol. The topological polar surface area (TPSA) is 131 Å². The Kier molecular flexibility index (Phi) is 9.86. The van der Waals surface area contributed by atoms with Crippen LogP contribution in [-0.4, -0.2) is 28.4 Å². The van der Waals surface area contributed by atoms with Crippen molar-refractivity contribution in [1.29, 1.82) is 0 Å². The Bertz CT molecular complexity index is 1210. The number of ether oxygens (including phenoxy) is 4. The molecule has 3 aromatic rings. The van der Waals surface area contributed by atoms with Gasteiger partial charge in [-0.15, -0.1) is 0 Å².